The van der Waals surface area contributed by atoms with Gasteiger partial charge in [-0.3, -0.25) is 0 Å². The number of aliphatic carboxylic acids is 1. The van der Waals surface area contributed by atoms with Crippen LogP contribution in [0.25, 0.3) is 0 Å². The third-order valence-corrected chi connectivity index (χ3v) is 2.02. The molecule has 5 heteroatoms. The average molecular weight is 235 g/mol. The molecule has 76 valence electrons. The van der Waals surface area contributed by atoms with Gasteiger partial charge in [0.1, 0.15) is 12.4 Å². The summed E-state index contributed by atoms with van der Waals surface area (Å²) in [5, 5.41) is 8.58. The van der Waals surface area contributed by atoms with Gasteiger partial charge in [-0.1, -0.05) is 41.4 Å². The van der Waals surface area contributed by atoms with E-state index in [2.05, 4.69) is 0 Å². The zero-order valence-corrected chi connectivity index (χ0v) is 8.63. The van der Waals surface area contributed by atoms with E-state index in [4.69, 9.17) is 33.0 Å². The predicted octanol–water partition coefficient (Wildman–Crippen LogP) is 2.32. The maximum atomic E-state index is 10.5. The van der Waals surface area contributed by atoms with E-state index in [-0.39, 0.29) is 6.61 Å². The highest BCUT2D eigenvalue weighted by atomic mass is 35.5. The van der Waals surface area contributed by atoms with Crippen molar-refractivity contribution < 1.29 is 14.6 Å². The number of hydrogen-bond acceptors (Lipinski definition) is 2. The molecule has 0 amide bonds. The fourth-order valence-electron chi connectivity index (χ4n) is 0.752. The lowest BCUT2D eigenvalue weighted by Crippen LogP contribution is -2.32. The number of ether oxygens (including phenoxy) is 1. The van der Waals surface area contributed by atoms with Crippen molar-refractivity contribution in [3.63, 3.8) is 0 Å². The van der Waals surface area contributed by atoms with Crippen LogP contribution in [0.2, 0.25) is 0 Å². The van der Waals surface area contributed by atoms with Gasteiger partial charge in [0.05, 0.1) is 0 Å². The van der Waals surface area contributed by atoms with Crippen LogP contribution in [0.15, 0.2) is 30.3 Å². The van der Waals surface area contributed by atoms with Gasteiger partial charge in [0.25, 0.3) is 0 Å². The molecule has 0 atom stereocenters. The fraction of sp³-hybridized carbons (Fsp3) is 0.222. The van der Waals surface area contributed by atoms with E-state index in [1.54, 1.807) is 24.3 Å². The highest BCUT2D eigenvalue weighted by molar-refractivity contribution is 6.57. The Balaban J connectivity index is 2.53. The van der Waals surface area contributed by atoms with Crippen LogP contribution >= 0.6 is 23.2 Å². The van der Waals surface area contributed by atoms with Crippen molar-refractivity contribution in [2.24, 2.45) is 0 Å². The maximum Gasteiger partial charge on any atom is 0.343 e. The Labute approximate surface area is 91.2 Å². The van der Waals surface area contributed by atoms with Gasteiger partial charge < -0.3 is 9.84 Å². The summed E-state index contributed by atoms with van der Waals surface area (Å²) in [6.07, 6.45) is 0. The van der Waals surface area contributed by atoms with E-state index < -0.39 is 10.3 Å². The monoisotopic (exact) mass is 234 g/mol. The first kappa shape index (κ1) is 11.1. The standard InChI is InChI=1S/C9H8Cl2O3/c10-9(11,8(12)13)6-14-7-4-2-1-3-5-7/h1-5H,6H2,(H,12,13). The lowest BCUT2D eigenvalue weighted by atomic mass is 10.3. The topological polar surface area (TPSA) is 46.5 Å². The third kappa shape index (κ3) is 3.09. The summed E-state index contributed by atoms with van der Waals surface area (Å²) >= 11 is 10.9. The molecule has 0 spiro atoms. The van der Waals surface area contributed by atoms with Crippen LogP contribution in [0.5, 0.6) is 5.75 Å². The fourth-order valence-corrected chi connectivity index (χ4v) is 0.862. The summed E-state index contributed by atoms with van der Waals surface area (Å²) in [6, 6.07) is 8.72. The molecule has 0 aliphatic carbocycles. The maximum absolute atomic E-state index is 10.5. The molecule has 0 aliphatic rings. The summed E-state index contributed by atoms with van der Waals surface area (Å²) in [7, 11) is 0. The molecule has 1 rings (SSSR count). The third-order valence-electron chi connectivity index (χ3n) is 1.48. The molecular formula is C9H8Cl2O3. The molecule has 0 radical (unpaired) electrons. The second-order valence-corrected chi connectivity index (χ2v) is 4.10. The van der Waals surface area contributed by atoms with E-state index in [1.807, 2.05) is 6.07 Å². The van der Waals surface area contributed by atoms with Crippen LogP contribution in [-0.2, 0) is 4.79 Å². The molecule has 14 heavy (non-hydrogen) atoms. The first-order valence-electron chi connectivity index (χ1n) is 3.81. The van der Waals surface area contributed by atoms with E-state index in [9.17, 15) is 4.79 Å². The average Bonchev–Trinajstić information content (AvgIpc) is 2.16. The van der Waals surface area contributed by atoms with E-state index in [0.29, 0.717) is 5.75 Å². The zero-order valence-electron chi connectivity index (χ0n) is 7.11. The molecule has 0 fully saturated rings. The Morgan fingerprint density at radius 1 is 1.36 bits per heavy atom. The molecule has 0 heterocycles. The van der Waals surface area contributed by atoms with Crippen LogP contribution in [0, 0.1) is 0 Å². The second kappa shape index (κ2) is 4.53. The SMILES string of the molecule is O=C(O)C(Cl)(Cl)COc1ccccc1. The molecule has 1 aromatic carbocycles. The van der Waals surface area contributed by atoms with E-state index in [1.165, 1.54) is 0 Å². The predicted molar refractivity (Wildman–Crippen MR) is 54.0 cm³/mol. The normalized spacial score (nSPS) is 11.0. The summed E-state index contributed by atoms with van der Waals surface area (Å²) in [5.41, 5.74) is 0. The van der Waals surface area contributed by atoms with Crippen molar-refractivity contribution >= 4 is 29.2 Å². The van der Waals surface area contributed by atoms with Crippen LogP contribution in [-0.4, -0.2) is 22.0 Å². The number of benzene rings is 1. The molecule has 0 unspecified atom stereocenters. The number of alkyl halides is 2. The van der Waals surface area contributed by atoms with Crippen molar-refractivity contribution in [3.8, 4) is 5.75 Å². The highest BCUT2D eigenvalue weighted by Gasteiger charge is 2.34. The molecule has 1 aromatic rings. The van der Waals surface area contributed by atoms with Gasteiger partial charge in [0.2, 0.25) is 4.33 Å². The minimum atomic E-state index is -1.91. The minimum Gasteiger partial charge on any atom is -0.490 e. The number of halogens is 2. The molecular weight excluding hydrogens is 227 g/mol. The number of carboxylic acids is 1. The minimum absolute atomic E-state index is 0.296. The first-order valence-corrected chi connectivity index (χ1v) is 4.57. The van der Waals surface area contributed by atoms with Crippen molar-refractivity contribution in [3.05, 3.63) is 30.3 Å². The Morgan fingerprint density at radius 2 is 1.93 bits per heavy atom. The van der Waals surface area contributed by atoms with Crippen LogP contribution < -0.4 is 4.74 Å². The number of carbonyl (C=O) groups is 1. The molecule has 1 N–H and O–H groups in total. The highest BCUT2D eigenvalue weighted by Crippen LogP contribution is 2.22. The van der Waals surface area contributed by atoms with Crippen LogP contribution in [0.3, 0.4) is 0 Å². The second-order valence-electron chi connectivity index (χ2n) is 2.61. The molecule has 3 nitrogen and oxygen atoms in total. The summed E-state index contributed by atoms with van der Waals surface area (Å²) < 4.78 is 3.18. The smallest absolute Gasteiger partial charge is 0.343 e. The van der Waals surface area contributed by atoms with Crippen molar-refractivity contribution in [1.29, 1.82) is 0 Å². The first-order chi connectivity index (χ1) is 6.52. The summed E-state index contributed by atoms with van der Waals surface area (Å²) in [5.74, 6) is -0.795. The summed E-state index contributed by atoms with van der Waals surface area (Å²) in [6.45, 7) is -0.296. The number of carboxylic acid groups (broad SMARTS) is 1. The van der Waals surface area contributed by atoms with Gasteiger partial charge in [-0.25, -0.2) is 4.79 Å². The van der Waals surface area contributed by atoms with Crippen molar-refractivity contribution in [2.75, 3.05) is 6.61 Å². The van der Waals surface area contributed by atoms with Gasteiger partial charge >= 0.3 is 5.97 Å². The van der Waals surface area contributed by atoms with Crippen molar-refractivity contribution in [1.82, 2.24) is 0 Å². The molecule has 0 saturated carbocycles. The molecule has 0 bridgehead atoms. The molecule has 0 saturated heterocycles. The van der Waals surface area contributed by atoms with E-state index in [0.717, 1.165) is 0 Å². The molecule has 0 aromatic heterocycles. The Bertz CT molecular complexity index is 311. The van der Waals surface area contributed by atoms with Gasteiger partial charge in [0.15, 0.2) is 0 Å². The number of para-hydroxylation sites is 1. The number of hydrogen-bond donors (Lipinski definition) is 1. The molecule has 0 aliphatic heterocycles. The lowest BCUT2D eigenvalue weighted by molar-refractivity contribution is -0.138. The van der Waals surface area contributed by atoms with Gasteiger partial charge in [-0.15, -0.1) is 0 Å². The van der Waals surface area contributed by atoms with E-state index >= 15 is 0 Å². The van der Waals surface area contributed by atoms with Gasteiger partial charge in [-0.05, 0) is 12.1 Å². The Kier molecular flexibility index (Phi) is 3.61. The Morgan fingerprint density at radius 3 is 2.43 bits per heavy atom. The Hall–Kier alpha value is -0.930. The zero-order chi connectivity index (χ0) is 10.6. The summed E-state index contributed by atoms with van der Waals surface area (Å²) in [4.78, 5) is 10.5. The van der Waals surface area contributed by atoms with Crippen LogP contribution in [0.1, 0.15) is 0 Å². The van der Waals surface area contributed by atoms with Gasteiger partial charge in [0, 0.05) is 0 Å². The number of rotatable bonds is 4. The lowest BCUT2D eigenvalue weighted by Gasteiger charge is -2.14. The quantitative estimate of drug-likeness (QED) is 0.814. The van der Waals surface area contributed by atoms with Gasteiger partial charge in [-0.2, -0.15) is 0 Å². The largest absolute Gasteiger partial charge is 0.490 e. The van der Waals surface area contributed by atoms with Crippen LogP contribution in [0.4, 0.5) is 0 Å². The van der Waals surface area contributed by atoms with Crippen molar-refractivity contribution in [2.45, 2.75) is 4.33 Å².